The number of aromatic nitrogens is 2. The Balaban J connectivity index is 0.00000122. The van der Waals surface area contributed by atoms with Crippen LogP contribution in [0.15, 0.2) is 35.6 Å². The Morgan fingerprint density at radius 1 is 1.36 bits per heavy atom. The van der Waals surface area contributed by atoms with Gasteiger partial charge in [0.05, 0.1) is 12.4 Å². The molecule has 10 nitrogen and oxygen atoms in total. The number of nitrogens with two attached hydrogens (primary N) is 1. The number of nitrogens with zero attached hydrogens (tertiary/aromatic N) is 3. The van der Waals surface area contributed by atoms with E-state index < -0.39 is 42.2 Å². The molecule has 0 aliphatic carbocycles. The van der Waals surface area contributed by atoms with Gasteiger partial charge in [-0.2, -0.15) is 0 Å². The Hall–Kier alpha value is -3.81. The van der Waals surface area contributed by atoms with E-state index in [0.29, 0.717) is 0 Å². The lowest BCUT2D eigenvalue weighted by Crippen LogP contribution is -2.45. The molecule has 0 saturated heterocycles. The molecule has 2 heterocycles. The number of carbonyl (C=O) groups is 2. The molecule has 1 aliphatic heterocycles. The fourth-order valence-electron chi connectivity index (χ4n) is 2.82. The van der Waals surface area contributed by atoms with Gasteiger partial charge in [0.25, 0.3) is 18.3 Å². The van der Waals surface area contributed by atoms with E-state index in [2.05, 4.69) is 25.0 Å². The van der Waals surface area contributed by atoms with Gasteiger partial charge in [-0.05, 0) is 25.1 Å². The molecule has 1 atom stereocenters. The minimum Gasteiger partial charge on any atom is -0.483 e. The number of hydrogen-bond donors (Lipinski definition) is 3. The van der Waals surface area contributed by atoms with Crippen molar-refractivity contribution in [3.05, 3.63) is 47.7 Å². The predicted octanol–water partition coefficient (Wildman–Crippen LogP) is 2.11. The van der Waals surface area contributed by atoms with Gasteiger partial charge in [0.2, 0.25) is 12.7 Å². The Morgan fingerprint density at radius 3 is 2.67 bits per heavy atom. The average molecular weight is 473 g/mol. The number of carboxylic acid groups (broad SMARTS) is 1. The van der Waals surface area contributed by atoms with E-state index in [-0.39, 0.29) is 36.2 Å². The number of amides is 1. The number of rotatable bonds is 5. The number of hydrogen-bond acceptors (Lipinski definition) is 8. The van der Waals surface area contributed by atoms with Crippen molar-refractivity contribution in [1.82, 2.24) is 9.97 Å². The number of benzene rings is 1. The van der Waals surface area contributed by atoms with Crippen molar-refractivity contribution >= 4 is 23.9 Å². The van der Waals surface area contributed by atoms with Crippen molar-refractivity contribution < 1.29 is 41.7 Å². The van der Waals surface area contributed by atoms with Crippen molar-refractivity contribution in [2.75, 3.05) is 25.4 Å². The Labute approximate surface area is 184 Å². The largest absolute Gasteiger partial charge is 0.483 e. The first-order valence-corrected chi connectivity index (χ1v) is 9.07. The van der Waals surface area contributed by atoms with Crippen LogP contribution >= 0.6 is 0 Å². The average Bonchev–Trinajstić information content (AvgIpc) is 2.86. The molecule has 1 aliphatic rings. The third kappa shape index (κ3) is 5.91. The van der Waals surface area contributed by atoms with Crippen LogP contribution in [0.5, 0.6) is 5.88 Å². The highest BCUT2D eigenvalue weighted by atomic mass is 19.3. The highest BCUT2D eigenvalue weighted by Crippen LogP contribution is 2.44. The number of alkyl halides is 3. The van der Waals surface area contributed by atoms with Gasteiger partial charge in [-0.15, -0.1) is 0 Å². The summed E-state index contributed by atoms with van der Waals surface area (Å²) >= 11 is 0. The molecule has 2 aromatic rings. The fraction of sp³-hybridized carbons (Fsp3) is 0.316. The van der Waals surface area contributed by atoms with Crippen molar-refractivity contribution in [1.29, 1.82) is 0 Å². The van der Waals surface area contributed by atoms with E-state index in [1.165, 1.54) is 6.07 Å². The molecule has 178 valence electrons. The lowest BCUT2D eigenvalue weighted by molar-refractivity contribution is -0.122. The quantitative estimate of drug-likeness (QED) is 0.442. The van der Waals surface area contributed by atoms with Crippen LogP contribution in [0.25, 0.3) is 0 Å². The van der Waals surface area contributed by atoms with Gasteiger partial charge in [0.1, 0.15) is 30.6 Å². The van der Waals surface area contributed by atoms with Crippen molar-refractivity contribution in [2.45, 2.75) is 18.4 Å². The summed E-state index contributed by atoms with van der Waals surface area (Å²) < 4.78 is 65.3. The third-order valence-corrected chi connectivity index (χ3v) is 4.42. The number of ether oxygens (including phenoxy) is 2. The zero-order valence-electron chi connectivity index (χ0n) is 17.1. The molecule has 1 amide bonds. The highest BCUT2D eigenvalue weighted by Gasteiger charge is 2.54. The van der Waals surface area contributed by atoms with E-state index in [4.69, 9.17) is 20.4 Å². The number of nitrogens with one attached hydrogen (secondary N) is 1. The summed E-state index contributed by atoms with van der Waals surface area (Å²) in [5, 5.41) is 9.30. The van der Waals surface area contributed by atoms with Crippen molar-refractivity contribution in [3.63, 3.8) is 0 Å². The maximum Gasteiger partial charge on any atom is 0.299 e. The van der Waals surface area contributed by atoms with Gasteiger partial charge in [0, 0.05) is 11.3 Å². The summed E-state index contributed by atoms with van der Waals surface area (Å²) in [7, 11) is 0. The normalized spacial score (nSPS) is 19.2. The highest BCUT2D eigenvalue weighted by molar-refractivity contribution is 6.02. The second-order valence-electron chi connectivity index (χ2n) is 6.62. The van der Waals surface area contributed by atoms with E-state index in [1.54, 1.807) is 0 Å². The lowest BCUT2D eigenvalue weighted by Gasteiger charge is -2.33. The van der Waals surface area contributed by atoms with Gasteiger partial charge in [-0.3, -0.25) is 14.6 Å². The molecule has 0 bridgehead atoms. The second-order valence-corrected chi connectivity index (χ2v) is 6.62. The zero-order chi connectivity index (χ0) is 24.6. The first kappa shape index (κ1) is 25.5. The molecule has 33 heavy (non-hydrogen) atoms. The van der Waals surface area contributed by atoms with Crippen LogP contribution < -0.4 is 15.8 Å². The van der Waals surface area contributed by atoms with E-state index in [0.717, 1.165) is 31.5 Å². The molecule has 1 unspecified atom stereocenters. The minimum absolute atomic E-state index is 0.0123. The smallest absolute Gasteiger partial charge is 0.299 e. The molecule has 4 N–H and O–H groups in total. The minimum atomic E-state index is -3.57. The molecule has 0 saturated carbocycles. The van der Waals surface area contributed by atoms with Gasteiger partial charge >= 0.3 is 0 Å². The molecule has 0 radical (unpaired) electrons. The van der Waals surface area contributed by atoms with Crippen LogP contribution in [0, 0.1) is 5.82 Å². The Kier molecular flexibility index (Phi) is 8.23. The van der Waals surface area contributed by atoms with Gasteiger partial charge < -0.3 is 25.6 Å². The van der Waals surface area contributed by atoms with Gasteiger partial charge in [0.15, 0.2) is 5.54 Å². The number of amidine groups is 1. The number of anilines is 1. The summed E-state index contributed by atoms with van der Waals surface area (Å²) in [6.07, 6.45) is 2.07. The van der Waals surface area contributed by atoms with Crippen LogP contribution in [0.3, 0.4) is 0 Å². The number of aliphatic imine (C=N–C) groups is 1. The lowest BCUT2D eigenvalue weighted by atomic mass is 9.85. The van der Waals surface area contributed by atoms with Crippen molar-refractivity contribution in [3.8, 4) is 5.88 Å². The second kappa shape index (κ2) is 10.7. The van der Waals surface area contributed by atoms with Crippen molar-refractivity contribution in [2.24, 2.45) is 10.7 Å². The first-order valence-electron chi connectivity index (χ1n) is 9.07. The van der Waals surface area contributed by atoms with Crippen LogP contribution in [0.2, 0.25) is 0 Å². The van der Waals surface area contributed by atoms with Crippen LogP contribution in [-0.2, 0) is 15.1 Å². The molecule has 1 aromatic heterocycles. The zero-order valence-corrected chi connectivity index (χ0v) is 17.1. The Morgan fingerprint density at radius 2 is 2.06 bits per heavy atom. The number of carbonyl (C=O) groups excluding carboxylic acids is 1. The summed E-state index contributed by atoms with van der Waals surface area (Å²) in [6, 6.07) is 3.15. The standard InChI is InChI=1S/C18H17F4N5O3.CH2O2/c1-17(18(21,22)8-29-7-14(23)27-17)11-4-10(2-3-12(11)20)26-16(28)13-5-25-15(6-24-13)30-9-19;2-1-3/h2-6H,7-9H2,1H3,(H2,23,27)(H,26,28);1H,(H,2,3). The molecule has 0 spiro atoms. The molecule has 3 rings (SSSR count). The molecule has 0 fully saturated rings. The predicted molar refractivity (Wildman–Crippen MR) is 106 cm³/mol. The maximum absolute atomic E-state index is 14.7. The van der Waals surface area contributed by atoms with Gasteiger partial charge in [-0.25, -0.2) is 27.5 Å². The fourth-order valence-corrected chi connectivity index (χ4v) is 2.82. The first-order chi connectivity index (χ1) is 15.6. The van der Waals surface area contributed by atoms with E-state index in [9.17, 15) is 22.4 Å². The van der Waals surface area contributed by atoms with Crippen LogP contribution in [0.1, 0.15) is 23.0 Å². The van der Waals surface area contributed by atoms with E-state index in [1.807, 2.05) is 0 Å². The maximum atomic E-state index is 14.7. The topological polar surface area (TPSA) is 149 Å². The summed E-state index contributed by atoms with van der Waals surface area (Å²) in [5.41, 5.74) is 2.62. The summed E-state index contributed by atoms with van der Waals surface area (Å²) in [5.74, 6) is -5.62. The summed E-state index contributed by atoms with van der Waals surface area (Å²) in [4.78, 5) is 32.0. The summed E-state index contributed by atoms with van der Waals surface area (Å²) in [6.45, 7) is -1.65. The number of halogens is 4. The molecular formula is C19H19F4N5O5. The van der Waals surface area contributed by atoms with Crippen LogP contribution in [-0.4, -0.2) is 59.3 Å². The molecular weight excluding hydrogens is 454 g/mol. The monoisotopic (exact) mass is 473 g/mol. The van der Waals surface area contributed by atoms with Gasteiger partial charge in [-0.1, -0.05) is 0 Å². The van der Waals surface area contributed by atoms with Crippen LogP contribution in [0.4, 0.5) is 23.2 Å². The third-order valence-electron chi connectivity index (χ3n) is 4.42. The molecule has 1 aromatic carbocycles. The molecule has 14 heteroatoms. The SMILES string of the molecule is CC1(c2cc(NC(=O)c3cnc(OCF)cn3)ccc2F)N=C(N)COCC1(F)F.O=CO. The van der Waals surface area contributed by atoms with E-state index >= 15 is 0 Å². The Bertz CT molecular complexity index is 1020.